The van der Waals surface area contributed by atoms with Gasteiger partial charge in [0.15, 0.2) is 0 Å². The average Bonchev–Trinajstić information content (AvgIpc) is 3.07. The number of rotatable bonds is 3. The molecule has 1 aliphatic heterocycles. The number of benzene rings is 1. The highest BCUT2D eigenvalue weighted by Crippen LogP contribution is 2.29. The Balaban J connectivity index is 1.75. The molecule has 3 nitrogen and oxygen atoms in total. The lowest BCUT2D eigenvalue weighted by Gasteiger charge is -2.18. The lowest BCUT2D eigenvalue weighted by Crippen LogP contribution is -2.32. The molecule has 0 aliphatic carbocycles. The van der Waals surface area contributed by atoms with Crippen molar-refractivity contribution in [2.45, 2.75) is 13.3 Å². The third kappa shape index (κ3) is 2.45. The Bertz CT molecular complexity index is 593. The molecule has 0 radical (unpaired) electrons. The Kier molecular flexibility index (Phi) is 3.42. The third-order valence-electron chi connectivity index (χ3n) is 3.71. The van der Waals surface area contributed by atoms with E-state index in [0.717, 1.165) is 26.1 Å². The molecule has 1 fully saturated rings. The topological polar surface area (TPSA) is 32.3 Å². The second-order valence-corrected chi connectivity index (χ2v) is 5.92. The van der Waals surface area contributed by atoms with E-state index in [1.54, 1.807) is 11.3 Å². The summed E-state index contributed by atoms with van der Waals surface area (Å²) < 4.78 is 1.32. The fourth-order valence-corrected chi connectivity index (χ4v) is 3.49. The number of hydrogen-bond donors (Lipinski definition) is 1. The van der Waals surface area contributed by atoms with E-state index in [1.807, 2.05) is 6.92 Å². The normalized spacial score (nSPS) is 19.0. The molecule has 1 aromatic heterocycles. The maximum absolute atomic E-state index is 11.9. The molecule has 1 N–H and O–H groups in total. The van der Waals surface area contributed by atoms with Crippen LogP contribution < -0.4 is 10.2 Å². The van der Waals surface area contributed by atoms with Crippen molar-refractivity contribution in [1.82, 2.24) is 5.32 Å². The van der Waals surface area contributed by atoms with Crippen molar-refractivity contribution in [3.8, 4) is 0 Å². The van der Waals surface area contributed by atoms with Crippen LogP contribution in [-0.4, -0.2) is 25.5 Å². The minimum absolute atomic E-state index is 0.138. The highest BCUT2D eigenvalue weighted by atomic mass is 32.1. The first kappa shape index (κ1) is 12.5. The van der Waals surface area contributed by atoms with Crippen molar-refractivity contribution in [2.75, 3.05) is 24.5 Å². The molecule has 19 heavy (non-hydrogen) atoms. The van der Waals surface area contributed by atoms with Gasteiger partial charge in [0.2, 0.25) is 5.91 Å². The van der Waals surface area contributed by atoms with Gasteiger partial charge in [0, 0.05) is 30.0 Å². The van der Waals surface area contributed by atoms with Gasteiger partial charge in [-0.25, -0.2) is 0 Å². The lowest BCUT2D eigenvalue weighted by atomic mass is 10.1. The molecule has 0 spiro atoms. The maximum atomic E-state index is 11.9. The Morgan fingerprint density at radius 3 is 3.21 bits per heavy atom. The number of anilines is 1. The van der Waals surface area contributed by atoms with Crippen LogP contribution in [0.25, 0.3) is 10.1 Å². The number of fused-ring (bicyclic) bond motifs is 1. The zero-order valence-electron chi connectivity index (χ0n) is 11.1. The summed E-state index contributed by atoms with van der Waals surface area (Å²) in [6, 6.07) is 8.71. The largest absolute Gasteiger partial charge is 0.371 e. The van der Waals surface area contributed by atoms with Crippen LogP contribution in [0.15, 0.2) is 29.6 Å². The van der Waals surface area contributed by atoms with E-state index in [2.05, 4.69) is 39.9 Å². The van der Waals surface area contributed by atoms with Gasteiger partial charge in [-0.3, -0.25) is 4.79 Å². The first-order valence-corrected chi connectivity index (χ1v) is 7.66. The van der Waals surface area contributed by atoms with E-state index in [4.69, 9.17) is 0 Å². The van der Waals surface area contributed by atoms with Crippen LogP contribution in [0, 0.1) is 5.92 Å². The molecular weight excluding hydrogens is 256 g/mol. The number of thiophene rings is 1. The first-order valence-electron chi connectivity index (χ1n) is 6.78. The van der Waals surface area contributed by atoms with E-state index >= 15 is 0 Å². The molecule has 3 rings (SSSR count). The number of nitrogens with one attached hydrogen (secondary N) is 1. The van der Waals surface area contributed by atoms with Gasteiger partial charge in [-0.05, 0) is 42.3 Å². The molecule has 1 amide bonds. The van der Waals surface area contributed by atoms with Gasteiger partial charge in [0.05, 0.1) is 5.92 Å². The second-order valence-electron chi connectivity index (χ2n) is 4.97. The molecule has 0 saturated carbocycles. The van der Waals surface area contributed by atoms with E-state index in [-0.39, 0.29) is 11.8 Å². The predicted molar refractivity (Wildman–Crippen MR) is 80.8 cm³/mol. The number of nitrogens with zero attached hydrogens (tertiary/aromatic N) is 1. The van der Waals surface area contributed by atoms with Gasteiger partial charge in [-0.2, -0.15) is 0 Å². The highest BCUT2D eigenvalue weighted by molar-refractivity contribution is 7.17. The van der Waals surface area contributed by atoms with Crippen LogP contribution >= 0.6 is 11.3 Å². The van der Waals surface area contributed by atoms with Crippen LogP contribution in [0.5, 0.6) is 0 Å². The second kappa shape index (κ2) is 5.21. The number of carbonyl (C=O) groups is 1. The summed E-state index contributed by atoms with van der Waals surface area (Å²) in [6.07, 6.45) is 0.953. The predicted octanol–water partition coefficient (Wildman–Crippen LogP) is 2.86. The zero-order valence-corrected chi connectivity index (χ0v) is 11.9. The standard InChI is InChI=1S/C15H18N2OS/c1-2-16-15(18)12-5-7-17(10-12)13-4-3-11-6-8-19-14(11)9-13/h3-4,6,8-9,12H,2,5,7,10H2,1H3,(H,16,18)/t12-/m1/s1. The summed E-state index contributed by atoms with van der Waals surface area (Å²) in [5, 5.41) is 6.34. The fraction of sp³-hybridized carbons (Fsp3) is 0.400. The molecule has 2 aromatic rings. The smallest absolute Gasteiger partial charge is 0.224 e. The Hall–Kier alpha value is -1.55. The summed E-state index contributed by atoms with van der Waals surface area (Å²) in [4.78, 5) is 14.2. The lowest BCUT2D eigenvalue weighted by molar-refractivity contribution is -0.124. The number of amides is 1. The van der Waals surface area contributed by atoms with Gasteiger partial charge < -0.3 is 10.2 Å². The van der Waals surface area contributed by atoms with Crippen LogP contribution in [0.4, 0.5) is 5.69 Å². The van der Waals surface area contributed by atoms with Crippen LogP contribution in [-0.2, 0) is 4.79 Å². The molecule has 2 heterocycles. The van der Waals surface area contributed by atoms with Gasteiger partial charge in [0.25, 0.3) is 0 Å². The van der Waals surface area contributed by atoms with E-state index < -0.39 is 0 Å². The van der Waals surface area contributed by atoms with E-state index in [0.29, 0.717) is 0 Å². The van der Waals surface area contributed by atoms with Crippen molar-refractivity contribution in [3.63, 3.8) is 0 Å². The summed E-state index contributed by atoms with van der Waals surface area (Å²) in [5.74, 6) is 0.334. The summed E-state index contributed by atoms with van der Waals surface area (Å²) in [6.45, 7) is 4.49. The van der Waals surface area contributed by atoms with E-state index in [9.17, 15) is 4.79 Å². The minimum atomic E-state index is 0.138. The Morgan fingerprint density at radius 1 is 1.47 bits per heavy atom. The quantitative estimate of drug-likeness (QED) is 0.933. The van der Waals surface area contributed by atoms with E-state index in [1.165, 1.54) is 15.8 Å². The fourth-order valence-electron chi connectivity index (χ4n) is 2.67. The Labute approximate surface area is 117 Å². The van der Waals surface area contributed by atoms with Gasteiger partial charge in [-0.1, -0.05) is 6.07 Å². The number of hydrogen-bond acceptors (Lipinski definition) is 3. The molecular formula is C15H18N2OS. The molecule has 1 aromatic carbocycles. The molecule has 4 heteroatoms. The van der Waals surface area contributed by atoms with Crippen LogP contribution in [0.3, 0.4) is 0 Å². The zero-order chi connectivity index (χ0) is 13.2. The summed E-state index contributed by atoms with van der Waals surface area (Å²) >= 11 is 1.77. The third-order valence-corrected chi connectivity index (χ3v) is 4.59. The molecule has 1 saturated heterocycles. The minimum Gasteiger partial charge on any atom is -0.371 e. The van der Waals surface area contributed by atoms with Crippen molar-refractivity contribution in [2.24, 2.45) is 5.92 Å². The van der Waals surface area contributed by atoms with Crippen molar-refractivity contribution in [3.05, 3.63) is 29.6 Å². The van der Waals surface area contributed by atoms with Crippen LogP contribution in [0.1, 0.15) is 13.3 Å². The first-order chi connectivity index (χ1) is 9.28. The van der Waals surface area contributed by atoms with Gasteiger partial charge >= 0.3 is 0 Å². The number of carbonyl (C=O) groups excluding carboxylic acids is 1. The highest BCUT2D eigenvalue weighted by Gasteiger charge is 2.28. The molecule has 1 atom stereocenters. The van der Waals surface area contributed by atoms with Crippen LogP contribution in [0.2, 0.25) is 0 Å². The summed E-state index contributed by atoms with van der Waals surface area (Å²) in [5.41, 5.74) is 1.24. The van der Waals surface area contributed by atoms with Crippen molar-refractivity contribution in [1.29, 1.82) is 0 Å². The SMILES string of the molecule is CCNC(=O)[C@@H]1CCN(c2ccc3ccsc3c2)C1. The van der Waals surface area contributed by atoms with Crippen molar-refractivity contribution >= 4 is 33.0 Å². The molecule has 1 aliphatic rings. The average molecular weight is 274 g/mol. The molecule has 0 bridgehead atoms. The Morgan fingerprint density at radius 2 is 2.37 bits per heavy atom. The summed E-state index contributed by atoms with van der Waals surface area (Å²) in [7, 11) is 0. The van der Waals surface area contributed by atoms with Gasteiger partial charge in [0.1, 0.15) is 0 Å². The van der Waals surface area contributed by atoms with Gasteiger partial charge in [-0.15, -0.1) is 11.3 Å². The maximum Gasteiger partial charge on any atom is 0.224 e. The molecule has 0 unspecified atom stereocenters. The van der Waals surface area contributed by atoms with Crippen molar-refractivity contribution < 1.29 is 4.79 Å². The molecule has 100 valence electrons. The monoisotopic (exact) mass is 274 g/mol.